The van der Waals surface area contributed by atoms with Gasteiger partial charge in [-0.1, -0.05) is 20.8 Å². The van der Waals surface area contributed by atoms with Gasteiger partial charge in [0.05, 0.1) is 12.0 Å². The standard InChI is InChI=1S/C9H18OS2/c1-9(2,3)7(10)8-11-5-4-6-12-8/h7-8,10H,4-6H2,1-3H3/i8D. The molecule has 1 heterocycles. The van der Waals surface area contributed by atoms with Crippen molar-refractivity contribution in [1.82, 2.24) is 0 Å². The third kappa shape index (κ3) is 2.86. The van der Waals surface area contributed by atoms with Gasteiger partial charge in [-0.2, -0.15) is 0 Å². The molecule has 1 fully saturated rings. The molecule has 0 aromatic carbocycles. The van der Waals surface area contributed by atoms with Crippen LogP contribution in [-0.2, 0) is 0 Å². The average molecular weight is 207 g/mol. The quantitative estimate of drug-likeness (QED) is 0.714. The fraction of sp³-hybridized carbons (Fsp3) is 1.00. The van der Waals surface area contributed by atoms with Gasteiger partial charge < -0.3 is 5.11 Å². The summed E-state index contributed by atoms with van der Waals surface area (Å²) in [7, 11) is 0. The molecule has 1 saturated heterocycles. The van der Waals surface area contributed by atoms with Crippen LogP contribution in [0.15, 0.2) is 0 Å². The largest absolute Gasteiger partial charge is 0.391 e. The summed E-state index contributed by atoms with van der Waals surface area (Å²) in [5, 5.41) is 10.0. The second-order valence-electron chi connectivity index (χ2n) is 4.14. The van der Waals surface area contributed by atoms with Crippen molar-refractivity contribution in [2.75, 3.05) is 11.5 Å². The highest BCUT2D eigenvalue weighted by Gasteiger charge is 2.32. The van der Waals surface area contributed by atoms with Crippen molar-refractivity contribution in [3.8, 4) is 0 Å². The van der Waals surface area contributed by atoms with Gasteiger partial charge in [-0.05, 0) is 23.3 Å². The SMILES string of the molecule is [2H]C1(C(O)C(C)(C)C)SCCCS1. The molecule has 1 aliphatic rings. The first kappa shape index (κ1) is 9.22. The second-order valence-corrected chi connectivity index (χ2v) is 6.67. The van der Waals surface area contributed by atoms with Gasteiger partial charge in [0.15, 0.2) is 0 Å². The molecule has 1 nitrogen and oxygen atoms in total. The number of rotatable bonds is 1. The third-order valence-electron chi connectivity index (χ3n) is 1.82. The molecular weight excluding hydrogens is 188 g/mol. The van der Waals surface area contributed by atoms with E-state index in [9.17, 15) is 5.11 Å². The van der Waals surface area contributed by atoms with Crippen LogP contribution in [0.5, 0.6) is 0 Å². The Labute approximate surface area is 85.1 Å². The van der Waals surface area contributed by atoms with Crippen molar-refractivity contribution in [1.29, 1.82) is 0 Å². The molecule has 0 aromatic rings. The Morgan fingerprint density at radius 3 is 2.33 bits per heavy atom. The van der Waals surface area contributed by atoms with Crippen molar-refractivity contribution in [2.45, 2.75) is 37.9 Å². The van der Waals surface area contributed by atoms with Crippen LogP contribution in [0.25, 0.3) is 0 Å². The van der Waals surface area contributed by atoms with Gasteiger partial charge in [-0.15, -0.1) is 23.5 Å². The van der Waals surface area contributed by atoms with E-state index in [1.54, 1.807) is 23.5 Å². The van der Waals surface area contributed by atoms with Crippen molar-refractivity contribution in [3.05, 3.63) is 0 Å². The number of hydrogen-bond acceptors (Lipinski definition) is 3. The molecule has 1 atom stereocenters. The Bertz CT molecular complexity index is 173. The van der Waals surface area contributed by atoms with Crippen molar-refractivity contribution >= 4 is 23.5 Å². The maximum atomic E-state index is 10.0. The van der Waals surface area contributed by atoms with Crippen LogP contribution >= 0.6 is 23.5 Å². The topological polar surface area (TPSA) is 20.2 Å². The van der Waals surface area contributed by atoms with Gasteiger partial charge in [0.2, 0.25) is 0 Å². The van der Waals surface area contributed by atoms with E-state index in [1.165, 1.54) is 0 Å². The van der Waals surface area contributed by atoms with Crippen molar-refractivity contribution in [2.24, 2.45) is 5.41 Å². The lowest BCUT2D eigenvalue weighted by atomic mass is 9.90. The highest BCUT2D eigenvalue weighted by atomic mass is 32.2. The van der Waals surface area contributed by atoms with Crippen LogP contribution in [0.3, 0.4) is 0 Å². The van der Waals surface area contributed by atoms with Crippen molar-refractivity contribution < 1.29 is 6.48 Å². The zero-order valence-corrected chi connectivity index (χ0v) is 9.60. The molecule has 3 heteroatoms. The van der Waals surface area contributed by atoms with Crippen LogP contribution < -0.4 is 0 Å². The Morgan fingerprint density at radius 1 is 1.42 bits per heavy atom. The maximum absolute atomic E-state index is 10.0. The summed E-state index contributed by atoms with van der Waals surface area (Å²) in [6.07, 6.45) is 0.600. The zero-order chi connectivity index (χ0) is 10.1. The lowest BCUT2D eigenvalue weighted by Crippen LogP contribution is -2.35. The molecule has 1 unspecified atom stereocenters. The van der Waals surface area contributed by atoms with Crippen LogP contribution in [0.1, 0.15) is 28.6 Å². The molecular formula is C9H18OS2. The van der Waals surface area contributed by atoms with E-state index < -0.39 is 10.7 Å². The lowest BCUT2D eigenvalue weighted by Gasteiger charge is -2.34. The minimum atomic E-state index is -0.740. The molecule has 0 aromatic heterocycles. The molecule has 72 valence electrons. The van der Waals surface area contributed by atoms with E-state index in [0.29, 0.717) is 0 Å². The third-order valence-corrected chi connectivity index (χ3v) is 4.53. The predicted octanol–water partition coefficient (Wildman–Crippen LogP) is 2.59. The molecule has 0 aliphatic carbocycles. The summed E-state index contributed by atoms with van der Waals surface area (Å²) in [6.45, 7) is 5.97. The Balaban J connectivity index is 2.67. The molecule has 0 spiro atoms. The van der Waals surface area contributed by atoms with E-state index >= 15 is 0 Å². The molecule has 1 N–H and O–H groups in total. The summed E-state index contributed by atoms with van der Waals surface area (Å²) in [6, 6.07) is 0. The lowest BCUT2D eigenvalue weighted by molar-refractivity contribution is 0.0776. The summed E-state index contributed by atoms with van der Waals surface area (Å²) < 4.78 is 7.42. The highest BCUT2D eigenvalue weighted by Crippen LogP contribution is 2.38. The molecule has 0 saturated carbocycles. The summed E-state index contributed by atoms with van der Waals surface area (Å²) in [4.78, 5) is 0. The monoisotopic (exact) mass is 207 g/mol. The number of aliphatic hydroxyl groups is 1. The first-order chi connectivity index (χ1) is 5.86. The molecule has 0 bridgehead atoms. The van der Waals surface area contributed by atoms with Crippen LogP contribution in [-0.4, -0.2) is 27.3 Å². The Kier molecular flexibility index (Phi) is 3.27. The molecule has 0 radical (unpaired) electrons. The minimum absolute atomic E-state index is 0.195. The fourth-order valence-electron chi connectivity index (χ4n) is 0.958. The van der Waals surface area contributed by atoms with Gasteiger partial charge in [-0.25, -0.2) is 0 Å². The van der Waals surface area contributed by atoms with Gasteiger partial charge >= 0.3 is 0 Å². The van der Waals surface area contributed by atoms with Crippen molar-refractivity contribution in [3.63, 3.8) is 0 Å². The maximum Gasteiger partial charge on any atom is 0.0798 e. The molecule has 12 heavy (non-hydrogen) atoms. The number of aliphatic hydroxyl groups excluding tert-OH is 1. The van der Waals surface area contributed by atoms with E-state index in [1.807, 2.05) is 20.8 Å². The van der Waals surface area contributed by atoms with E-state index in [4.69, 9.17) is 1.37 Å². The number of hydrogen-bond donors (Lipinski definition) is 1. The second kappa shape index (κ2) is 4.25. The molecule has 0 amide bonds. The van der Waals surface area contributed by atoms with Gasteiger partial charge in [-0.3, -0.25) is 0 Å². The fourth-order valence-corrected chi connectivity index (χ4v) is 3.98. The minimum Gasteiger partial charge on any atom is -0.391 e. The Morgan fingerprint density at radius 2 is 1.92 bits per heavy atom. The first-order valence-corrected chi connectivity index (χ1v) is 6.29. The smallest absolute Gasteiger partial charge is 0.0798 e. The first-order valence-electron chi connectivity index (χ1n) is 4.82. The van der Waals surface area contributed by atoms with E-state index in [-0.39, 0.29) is 5.41 Å². The molecule has 1 rings (SSSR count). The zero-order valence-electron chi connectivity index (χ0n) is 8.96. The van der Waals surface area contributed by atoms with Crippen LogP contribution in [0, 0.1) is 5.41 Å². The summed E-state index contributed by atoms with van der Waals surface area (Å²) in [5.74, 6) is 2.01. The number of thioether (sulfide) groups is 2. The average Bonchev–Trinajstić information content (AvgIpc) is 2.03. The highest BCUT2D eigenvalue weighted by molar-refractivity contribution is 8.17. The van der Waals surface area contributed by atoms with E-state index in [2.05, 4.69) is 0 Å². The molecule has 1 aliphatic heterocycles. The van der Waals surface area contributed by atoms with Crippen LogP contribution in [0.2, 0.25) is 0 Å². The normalized spacial score (nSPS) is 27.8. The van der Waals surface area contributed by atoms with Gasteiger partial charge in [0, 0.05) is 0 Å². The van der Waals surface area contributed by atoms with Crippen LogP contribution in [0.4, 0.5) is 0 Å². The summed E-state index contributed by atoms with van der Waals surface area (Å²) >= 11 is 3.16. The van der Waals surface area contributed by atoms with Gasteiger partial charge in [0.25, 0.3) is 0 Å². The van der Waals surface area contributed by atoms with E-state index in [0.717, 1.165) is 17.9 Å². The summed E-state index contributed by atoms with van der Waals surface area (Å²) in [5.41, 5.74) is -0.195. The predicted molar refractivity (Wildman–Crippen MR) is 58.8 cm³/mol. The van der Waals surface area contributed by atoms with Gasteiger partial charge in [0.1, 0.15) is 0 Å². The Hall–Kier alpha value is 0.660.